The number of halogens is 1. The summed E-state index contributed by atoms with van der Waals surface area (Å²) in [4.78, 5) is 44.6. The lowest BCUT2D eigenvalue weighted by Gasteiger charge is -2.16. The molecular weight excluding hydrogens is 401 g/mol. The van der Waals surface area contributed by atoms with Crippen LogP contribution in [-0.2, 0) is 6.54 Å². The first kappa shape index (κ1) is 20.2. The van der Waals surface area contributed by atoms with E-state index in [1.165, 1.54) is 12.1 Å². The SMILES string of the molecule is Cc1cc(C#N)cc(C(=O)c2c(C3CC3)c(=O)[nH]c(=O)n2Cc2cc(N)nc(F)c2)c1. The molecular formula is C22H18FN5O3. The number of nitrogens with zero attached hydrogens (tertiary/aromatic N) is 3. The first-order valence-corrected chi connectivity index (χ1v) is 9.62. The second kappa shape index (κ2) is 7.65. The fourth-order valence-electron chi connectivity index (χ4n) is 3.69. The van der Waals surface area contributed by atoms with Crippen molar-refractivity contribution in [1.29, 1.82) is 5.26 Å². The number of carbonyl (C=O) groups is 1. The van der Waals surface area contributed by atoms with Crippen LogP contribution in [-0.4, -0.2) is 20.3 Å². The van der Waals surface area contributed by atoms with Crippen LogP contribution >= 0.6 is 0 Å². The van der Waals surface area contributed by atoms with Crippen LogP contribution in [0.4, 0.5) is 10.2 Å². The molecule has 1 saturated carbocycles. The highest BCUT2D eigenvalue weighted by Gasteiger charge is 2.34. The summed E-state index contributed by atoms with van der Waals surface area (Å²) in [7, 11) is 0. The third-order valence-corrected chi connectivity index (χ3v) is 5.12. The molecule has 3 aromatic rings. The van der Waals surface area contributed by atoms with Crippen LogP contribution in [0.5, 0.6) is 0 Å². The number of aromatic nitrogens is 3. The Balaban J connectivity index is 1.94. The van der Waals surface area contributed by atoms with Crippen molar-refractivity contribution in [3.8, 4) is 6.07 Å². The van der Waals surface area contributed by atoms with Gasteiger partial charge in [-0.05, 0) is 67.1 Å². The van der Waals surface area contributed by atoms with E-state index < -0.39 is 23.0 Å². The number of benzene rings is 1. The number of aryl methyl sites for hydroxylation is 1. The van der Waals surface area contributed by atoms with Crippen molar-refractivity contribution < 1.29 is 9.18 Å². The number of pyridine rings is 1. The molecule has 1 aliphatic rings. The van der Waals surface area contributed by atoms with Crippen LogP contribution < -0.4 is 17.0 Å². The second-order valence-corrected chi connectivity index (χ2v) is 7.63. The average molecular weight is 419 g/mol. The van der Waals surface area contributed by atoms with Gasteiger partial charge in [-0.2, -0.15) is 9.65 Å². The average Bonchev–Trinajstić information content (AvgIpc) is 3.52. The number of hydrogen-bond donors (Lipinski definition) is 2. The Kier molecular flexibility index (Phi) is 4.99. The summed E-state index contributed by atoms with van der Waals surface area (Å²) in [6.45, 7) is 1.56. The summed E-state index contributed by atoms with van der Waals surface area (Å²) < 4.78 is 14.9. The first-order valence-electron chi connectivity index (χ1n) is 9.62. The van der Waals surface area contributed by atoms with Gasteiger partial charge in [-0.1, -0.05) is 0 Å². The highest BCUT2D eigenvalue weighted by Crippen LogP contribution is 2.40. The molecule has 3 N–H and O–H groups in total. The normalized spacial score (nSPS) is 13.1. The molecule has 1 aromatic carbocycles. The van der Waals surface area contributed by atoms with Crippen LogP contribution in [0.1, 0.15) is 57.1 Å². The third kappa shape index (κ3) is 4.00. The lowest BCUT2D eigenvalue weighted by Crippen LogP contribution is -2.37. The van der Waals surface area contributed by atoms with Gasteiger partial charge in [0, 0.05) is 11.1 Å². The van der Waals surface area contributed by atoms with Gasteiger partial charge < -0.3 is 5.73 Å². The largest absolute Gasteiger partial charge is 0.384 e. The molecule has 31 heavy (non-hydrogen) atoms. The van der Waals surface area contributed by atoms with Crippen LogP contribution in [0.25, 0.3) is 0 Å². The topological polar surface area (TPSA) is 135 Å². The zero-order valence-electron chi connectivity index (χ0n) is 16.6. The van der Waals surface area contributed by atoms with E-state index in [9.17, 15) is 24.0 Å². The van der Waals surface area contributed by atoms with Crippen LogP contribution in [0, 0.1) is 24.2 Å². The highest BCUT2D eigenvalue weighted by molar-refractivity contribution is 6.09. The maximum Gasteiger partial charge on any atom is 0.329 e. The summed E-state index contributed by atoms with van der Waals surface area (Å²) in [5.74, 6) is -1.58. The Bertz CT molecular complexity index is 1360. The number of H-pyrrole nitrogens is 1. The Labute approximate surface area is 175 Å². The van der Waals surface area contributed by atoms with Gasteiger partial charge in [0.25, 0.3) is 5.56 Å². The number of hydrogen-bond acceptors (Lipinski definition) is 6. The fraction of sp³-hybridized carbons (Fsp3) is 0.227. The molecule has 0 bridgehead atoms. The summed E-state index contributed by atoms with van der Waals surface area (Å²) in [5, 5.41) is 9.26. The molecule has 2 aromatic heterocycles. The van der Waals surface area contributed by atoms with Gasteiger partial charge in [0.15, 0.2) is 0 Å². The van der Waals surface area contributed by atoms with E-state index in [4.69, 9.17) is 5.73 Å². The van der Waals surface area contributed by atoms with Crippen LogP contribution in [0.15, 0.2) is 39.9 Å². The number of anilines is 1. The molecule has 0 unspecified atom stereocenters. The van der Waals surface area contributed by atoms with Crippen LogP contribution in [0.2, 0.25) is 0 Å². The molecule has 0 atom stereocenters. The minimum atomic E-state index is -0.819. The molecule has 1 aliphatic carbocycles. The summed E-state index contributed by atoms with van der Waals surface area (Å²) in [6, 6.07) is 9.16. The van der Waals surface area contributed by atoms with Crippen molar-refractivity contribution in [3.05, 3.63) is 90.6 Å². The fourth-order valence-corrected chi connectivity index (χ4v) is 3.69. The van der Waals surface area contributed by atoms with Gasteiger partial charge in [0.2, 0.25) is 11.7 Å². The predicted molar refractivity (Wildman–Crippen MR) is 110 cm³/mol. The van der Waals surface area contributed by atoms with Gasteiger partial charge in [-0.15, -0.1) is 0 Å². The molecule has 1 fully saturated rings. The molecule has 0 saturated heterocycles. The first-order chi connectivity index (χ1) is 14.8. The standard InChI is InChI=1S/C22H18FN5O3/c1-11-4-12(9-24)6-15(5-11)20(29)19-18(14-2-3-14)21(30)27-22(31)28(19)10-13-7-16(23)26-17(25)8-13/h4-8,14H,2-3,10H2,1H3,(H2,25,26)(H,27,30,31). The van der Waals surface area contributed by atoms with E-state index in [1.807, 2.05) is 6.07 Å². The van der Waals surface area contributed by atoms with Crippen molar-refractivity contribution in [1.82, 2.24) is 14.5 Å². The number of ketones is 1. The minimum Gasteiger partial charge on any atom is -0.384 e. The van der Waals surface area contributed by atoms with E-state index in [2.05, 4.69) is 9.97 Å². The number of carbonyl (C=O) groups excluding carboxylic acids is 1. The van der Waals surface area contributed by atoms with E-state index >= 15 is 0 Å². The summed E-state index contributed by atoms with van der Waals surface area (Å²) in [5.41, 5.74) is 5.87. The van der Waals surface area contributed by atoms with Gasteiger partial charge in [-0.3, -0.25) is 19.1 Å². The van der Waals surface area contributed by atoms with E-state index in [0.29, 0.717) is 16.7 Å². The van der Waals surface area contributed by atoms with Crippen molar-refractivity contribution in [2.24, 2.45) is 0 Å². The molecule has 2 heterocycles. The van der Waals surface area contributed by atoms with E-state index in [-0.39, 0.29) is 35.1 Å². The monoisotopic (exact) mass is 419 g/mol. The number of nitrogens with two attached hydrogens (primary N) is 1. The number of rotatable bonds is 5. The van der Waals surface area contributed by atoms with Gasteiger partial charge in [0.1, 0.15) is 11.5 Å². The van der Waals surface area contributed by atoms with Crippen molar-refractivity contribution in [3.63, 3.8) is 0 Å². The molecule has 8 nitrogen and oxygen atoms in total. The number of nitrogen functional groups attached to an aromatic ring is 1. The maximum absolute atomic E-state index is 13.7. The molecule has 0 spiro atoms. The smallest absolute Gasteiger partial charge is 0.329 e. The minimum absolute atomic E-state index is 0.0541. The summed E-state index contributed by atoms with van der Waals surface area (Å²) >= 11 is 0. The molecule has 0 radical (unpaired) electrons. The molecule has 9 heteroatoms. The second-order valence-electron chi connectivity index (χ2n) is 7.63. The quantitative estimate of drug-likeness (QED) is 0.480. The zero-order chi connectivity index (χ0) is 22.3. The number of aromatic amines is 1. The Morgan fingerprint density at radius 1 is 1.29 bits per heavy atom. The number of nitriles is 1. The van der Waals surface area contributed by atoms with Crippen molar-refractivity contribution in [2.75, 3.05) is 5.73 Å². The van der Waals surface area contributed by atoms with Gasteiger partial charge in [-0.25, -0.2) is 9.78 Å². The van der Waals surface area contributed by atoms with Crippen LogP contribution in [0.3, 0.4) is 0 Å². The molecule has 0 amide bonds. The Morgan fingerprint density at radius 2 is 2.03 bits per heavy atom. The summed E-state index contributed by atoms with van der Waals surface area (Å²) in [6.07, 6.45) is 1.44. The Hall–Kier alpha value is -4.06. The third-order valence-electron chi connectivity index (χ3n) is 5.12. The van der Waals surface area contributed by atoms with Crippen molar-refractivity contribution in [2.45, 2.75) is 32.2 Å². The lowest BCUT2D eigenvalue weighted by molar-refractivity contribution is 0.102. The maximum atomic E-state index is 13.7. The number of nitrogens with one attached hydrogen (secondary N) is 1. The Morgan fingerprint density at radius 3 is 2.68 bits per heavy atom. The van der Waals surface area contributed by atoms with E-state index in [0.717, 1.165) is 23.5 Å². The molecule has 4 rings (SSSR count). The molecule has 0 aliphatic heterocycles. The zero-order valence-corrected chi connectivity index (χ0v) is 16.6. The lowest BCUT2D eigenvalue weighted by atomic mass is 9.98. The predicted octanol–water partition coefficient (Wildman–Crippen LogP) is 1.99. The van der Waals surface area contributed by atoms with E-state index in [1.54, 1.807) is 19.1 Å². The molecule has 156 valence electrons. The van der Waals surface area contributed by atoms with Gasteiger partial charge in [0.05, 0.1) is 18.2 Å². The highest BCUT2D eigenvalue weighted by atomic mass is 19.1. The van der Waals surface area contributed by atoms with Crippen molar-refractivity contribution >= 4 is 11.6 Å². The van der Waals surface area contributed by atoms with Gasteiger partial charge >= 0.3 is 5.69 Å².